The zero-order valence-electron chi connectivity index (χ0n) is 16.6. The van der Waals surface area contributed by atoms with Gasteiger partial charge in [0.25, 0.3) is 5.65 Å². The molecule has 4 bridgehead atoms. The Morgan fingerprint density at radius 3 is 2.71 bits per heavy atom. The Bertz CT molecular complexity index is 1510. The van der Waals surface area contributed by atoms with Crippen LogP contribution in [0.2, 0.25) is 0 Å². The summed E-state index contributed by atoms with van der Waals surface area (Å²) < 4.78 is 5.10. The molecule has 5 aromatic rings. The molecule has 2 atom stereocenters. The smallest absolute Gasteiger partial charge is 0.216 e. The molecule has 0 spiro atoms. The molecule has 3 aromatic carbocycles. The molecule has 0 fully saturated rings. The first kappa shape index (κ1) is 15.1. The standard InChI is InChI=1S/C26H23N2/c1-4-26(3)25(2)15-16-9-10-19-18(13-16)14-17-11-12-27-20-7-5-6-8-21(20)28(26)24(27)22(17)23(19)25/h5-14H,4,15H2,1-3H3/q+1. The van der Waals surface area contributed by atoms with Crippen LogP contribution in [-0.4, -0.2) is 4.40 Å². The van der Waals surface area contributed by atoms with Crippen LogP contribution in [0, 0.1) is 0 Å². The fourth-order valence-corrected chi connectivity index (χ4v) is 6.52. The monoisotopic (exact) mass is 363 g/mol. The molecule has 0 saturated carbocycles. The highest BCUT2D eigenvalue weighted by molar-refractivity contribution is 6.10. The number of imidazole rings is 1. The average Bonchev–Trinajstić information content (AvgIpc) is 2.92. The Hall–Kier alpha value is -2.87. The lowest BCUT2D eigenvalue weighted by molar-refractivity contribution is -0.728. The van der Waals surface area contributed by atoms with Crippen LogP contribution in [0.4, 0.5) is 0 Å². The van der Waals surface area contributed by atoms with Gasteiger partial charge in [0.15, 0.2) is 11.0 Å². The fourth-order valence-electron chi connectivity index (χ4n) is 6.52. The second kappa shape index (κ2) is 4.41. The van der Waals surface area contributed by atoms with Crippen LogP contribution in [0.25, 0.3) is 38.2 Å². The SMILES string of the molecule is CCC1(C)[n+]2c3ccccc3n3ccc4cc5cc6ccc5c(c4c32)C1(C)C6. The van der Waals surface area contributed by atoms with Gasteiger partial charge < -0.3 is 0 Å². The summed E-state index contributed by atoms with van der Waals surface area (Å²) in [7, 11) is 0. The predicted molar refractivity (Wildman–Crippen MR) is 115 cm³/mol. The lowest BCUT2D eigenvalue weighted by Crippen LogP contribution is -2.66. The third-order valence-electron chi connectivity index (χ3n) is 8.16. The van der Waals surface area contributed by atoms with Crippen molar-refractivity contribution in [3.8, 4) is 0 Å². The molecule has 3 aliphatic rings. The number of aromatic nitrogens is 2. The maximum absolute atomic E-state index is 2.68. The van der Waals surface area contributed by atoms with E-state index in [4.69, 9.17) is 0 Å². The Morgan fingerprint density at radius 1 is 1.00 bits per heavy atom. The first-order valence-corrected chi connectivity index (χ1v) is 10.4. The summed E-state index contributed by atoms with van der Waals surface area (Å²) in [5.74, 6) is 0. The van der Waals surface area contributed by atoms with Gasteiger partial charge in [0.05, 0.1) is 11.6 Å². The summed E-state index contributed by atoms with van der Waals surface area (Å²) in [4.78, 5) is 0. The average molecular weight is 363 g/mol. The topological polar surface area (TPSA) is 8.29 Å². The second-order valence-electron chi connectivity index (χ2n) is 9.24. The molecule has 8 rings (SSSR count). The van der Waals surface area contributed by atoms with E-state index in [1.54, 1.807) is 5.56 Å². The van der Waals surface area contributed by atoms with Crippen molar-refractivity contribution >= 4 is 38.2 Å². The minimum Gasteiger partial charge on any atom is -0.216 e. The summed E-state index contributed by atoms with van der Waals surface area (Å²) in [5, 5.41) is 5.67. The highest BCUT2D eigenvalue weighted by Crippen LogP contribution is 2.53. The lowest BCUT2D eigenvalue weighted by Gasteiger charge is -2.47. The van der Waals surface area contributed by atoms with Crippen molar-refractivity contribution in [1.29, 1.82) is 0 Å². The summed E-state index contributed by atoms with van der Waals surface area (Å²) in [6.07, 6.45) is 4.47. The number of hydrogen-bond donors (Lipinski definition) is 0. The van der Waals surface area contributed by atoms with Crippen LogP contribution in [0.1, 0.15) is 38.3 Å². The van der Waals surface area contributed by atoms with Crippen molar-refractivity contribution in [3.05, 3.63) is 71.9 Å². The number of rotatable bonds is 1. The zero-order chi connectivity index (χ0) is 18.8. The Labute approximate surface area is 164 Å². The molecule has 2 heteroatoms. The van der Waals surface area contributed by atoms with Gasteiger partial charge in [-0.15, -0.1) is 0 Å². The number of nitrogens with zero attached hydrogens (tertiary/aromatic N) is 2. The van der Waals surface area contributed by atoms with Gasteiger partial charge in [0, 0.05) is 5.41 Å². The van der Waals surface area contributed by atoms with Crippen molar-refractivity contribution in [2.75, 3.05) is 0 Å². The van der Waals surface area contributed by atoms with Gasteiger partial charge in [0.2, 0.25) is 0 Å². The maximum atomic E-state index is 2.68. The summed E-state index contributed by atoms with van der Waals surface area (Å²) in [6, 6.07) is 20.8. The minimum absolute atomic E-state index is 0.00542. The molecule has 0 N–H and O–H groups in total. The third-order valence-corrected chi connectivity index (χ3v) is 8.16. The second-order valence-corrected chi connectivity index (χ2v) is 9.24. The molecule has 0 radical (unpaired) electrons. The summed E-state index contributed by atoms with van der Waals surface area (Å²) in [5.41, 5.74) is 7.11. The molecule has 2 aliphatic carbocycles. The van der Waals surface area contributed by atoms with E-state index in [9.17, 15) is 0 Å². The third kappa shape index (κ3) is 1.36. The van der Waals surface area contributed by atoms with Crippen molar-refractivity contribution in [1.82, 2.24) is 4.40 Å². The molecule has 0 saturated heterocycles. The quantitative estimate of drug-likeness (QED) is 0.269. The van der Waals surface area contributed by atoms with Crippen molar-refractivity contribution in [2.24, 2.45) is 0 Å². The Kier molecular flexibility index (Phi) is 2.38. The van der Waals surface area contributed by atoms with Gasteiger partial charge in [-0.25, -0.2) is 4.57 Å². The first-order chi connectivity index (χ1) is 13.6. The molecular formula is C26H23N2+. The molecule has 1 aliphatic heterocycles. The van der Waals surface area contributed by atoms with Crippen molar-refractivity contribution in [2.45, 2.75) is 44.6 Å². The Morgan fingerprint density at radius 2 is 1.86 bits per heavy atom. The van der Waals surface area contributed by atoms with E-state index in [0.29, 0.717) is 0 Å². The molecule has 2 nitrogen and oxygen atoms in total. The molecule has 3 heterocycles. The van der Waals surface area contributed by atoms with E-state index in [1.807, 2.05) is 0 Å². The number of para-hydroxylation sites is 2. The number of hydrogen-bond acceptors (Lipinski definition) is 0. The van der Waals surface area contributed by atoms with Crippen LogP contribution in [0.5, 0.6) is 0 Å². The molecule has 28 heavy (non-hydrogen) atoms. The Balaban J connectivity index is 1.92. The summed E-state index contributed by atoms with van der Waals surface area (Å²) in [6.45, 7) is 7.38. The van der Waals surface area contributed by atoms with Crippen LogP contribution < -0.4 is 4.57 Å². The van der Waals surface area contributed by atoms with Gasteiger partial charge in [0.1, 0.15) is 5.54 Å². The van der Waals surface area contributed by atoms with E-state index < -0.39 is 0 Å². The highest BCUT2D eigenvalue weighted by Gasteiger charge is 2.56. The highest BCUT2D eigenvalue weighted by atomic mass is 15.2. The van der Waals surface area contributed by atoms with Crippen LogP contribution in [-0.2, 0) is 17.4 Å². The van der Waals surface area contributed by atoms with Gasteiger partial charge >= 0.3 is 0 Å². The molecular weight excluding hydrogens is 340 g/mol. The molecule has 2 unspecified atom stereocenters. The normalized spacial score (nSPS) is 25.2. The van der Waals surface area contributed by atoms with Crippen molar-refractivity contribution in [3.63, 3.8) is 0 Å². The minimum atomic E-state index is 0.00542. The molecule has 136 valence electrons. The van der Waals surface area contributed by atoms with Crippen LogP contribution in [0.3, 0.4) is 0 Å². The first-order valence-electron chi connectivity index (χ1n) is 10.4. The van der Waals surface area contributed by atoms with E-state index in [0.717, 1.165) is 12.8 Å². The number of fused-ring (bicyclic) bond motifs is 4. The molecule has 2 aromatic heterocycles. The van der Waals surface area contributed by atoms with Crippen molar-refractivity contribution < 1.29 is 4.57 Å². The van der Waals surface area contributed by atoms with E-state index in [1.165, 1.54) is 43.8 Å². The number of benzene rings is 3. The lowest BCUT2D eigenvalue weighted by atomic mass is 9.61. The predicted octanol–water partition coefficient (Wildman–Crippen LogP) is 5.64. The summed E-state index contributed by atoms with van der Waals surface area (Å²) >= 11 is 0. The van der Waals surface area contributed by atoms with E-state index in [-0.39, 0.29) is 11.0 Å². The van der Waals surface area contributed by atoms with Gasteiger partial charge in [-0.05, 0) is 71.3 Å². The molecule has 0 amide bonds. The van der Waals surface area contributed by atoms with Crippen LogP contribution >= 0.6 is 0 Å². The van der Waals surface area contributed by atoms with Gasteiger partial charge in [-0.1, -0.05) is 44.2 Å². The zero-order valence-corrected chi connectivity index (χ0v) is 16.6. The van der Waals surface area contributed by atoms with Gasteiger partial charge in [-0.3, -0.25) is 0 Å². The maximum Gasteiger partial charge on any atom is 0.295 e. The van der Waals surface area contributed by atoms with Gasteiger partial charge in [-0.2, -0.15) is 4.40 Å². The van der Waals surface area contributed by atoms with Crippen LogP contribution in [0.15, 0.2) is 60.8 Å². The largest absolute Gasteiger partial charge is 0.295 e. The van der Waals surface area contributed by atoms with E-state index in [2.05, 4.69) is 90.5 Å². The van der Waals surface area contributed by atoms with E-state index >= 15 is 0 Å². The number of pyridine rings is 1. The fraction of sp³-hybridized carbons (Fsp3) is 0.269.